The van der Waals surface area contributed by atoms with Gasteiger partial charge in [-0.25, -0.2) is 0 Å². The number of nitrogens with two attached hydrogens (primary N) is 1. The largest absolute Gasteiger partial charge is 0.399 e. The molecular formula is C16H24N2O2. The number of carbonyl (C=O) groups excluding carboxylic acids is 1. The summed E-state index contributed by atoms with van der Waals surface area (Å²) in [5.74, 6) is 0.468. The molecule has 1 aromatic carbocycles. The smallest absolute Gasteiger partial charge is 0.220 e. The molecular weight excluding hydrogens is 252 g/mol. The quantitative estimate of drug-likeness (QED) is 0.720. The van der Waals surface area contributed by atoms with Crippen molar-refractivity contribution in [3.8, 4) is 0 Å². The first-order valence-corrected chi connectivity index (χ1v) is 7.35. The van der Waals surface area contributed by atoms with Crippen LogP contribution in [0.15, 0.2) is 24.3 Å². The fraction of sp³-hybridized carbons (Fsp3) is 0.562. The predicted octanol–water partition coefficient (Wildman–Crippen LogP) is 2.04. The highest BCUT2D eigenvalue weighted by Crippen LogP contribution is 2.26. The zero-order valence-corrected chi connectivity index (χ0v) is 12.0. The molecule has 4 heteroatoms. The number of aliphatic hydroxyl groups is 1. The van der Waals surface area contributed by atoms with Crippen LogP contribution in [0.5, 0.6) is 0 Å². The van der Waals surface area contributed by atoms with Gasteiger partial charge in [-0.2, -0.15) is 0 Å². The van der Waals surface area contributed by atoms with E-state index in [1.165, 1.54) is 0 Å². The average Bonchev–Trinajstić information content (AvgIpc) is 2.86. The zero-order valence-electron chi connectivity index (χ0n) is 12.0. The summed E-state index contributed by atoms with van der Waals surface area (Å²) in [6.45, 7) is 2.21. The SMILES string of the molecule is CC(CC(=O)NC1CCCC1CO)c1ccc(N)cc1. The summed E-state index contributed by atoms with van der Waals surface area (Å²) in [6.07, 6.45) is 3.55. The van der Waals surface area contributed by atoms with Gasteiger partial charge in [-0.1, -0.05) is 25.5 Å². The molecule has 3 atom stereocenters. The lowest BCUT2D eigenvalue weighted by atomic mass is 9.96. The third-order valence-electron chi connectivity index (χ3n) is 4.24. The van der Waals surface area contributed by atoms with Crippen molar-refractivity contribution in [3.05, 3.63) is 29.8 Å². The van der Waals surface area contributed by atoms with Gasteiger partial charge in [0.05, 0.1) is 0 Å². The van der Waals surface area contributed by atoms with Crippen LogP contribution in [0.1, 0.15) is 44.1 Å². The number of amides is 1. The van der Waals surface area contributed by atoms with Gasteiger partial charge in [0.15, 0.2) is 0 Å². The molecule has 20 heavy (non-hydrogen) atoms. The summed E-state index contributed by atoms with van der Waals surface area (Å²) in [4.78, 5) is 12.1. The summed E-state index contributed by atoms with van der Waals surface area (Å²) in [5.41, 5.74) is 7.53. The van der Waals surface area contributed by atoms with Gasteiger partial charge in [-0.3, -0.25) is 4.79 Å². The maximum atomic E-state index is 12.1. The van der Waals surface area contributed by atoms with Crippen LogP contribution in [0, 0.1) is 5.92 Å². The van der Waals surface area contributed by atoms with E-state index in [1.54, 1.807) is 0 Å². The number of rotatable bonds is 5. The van der Waals surface area contributed by atoms with Crippen molar-refractivity contribution in [1.82, 2.24) is 5.32 Å². The van der Waals surface area contributed by atoms with Crippen molar-refractivity contribution in [1.29, 1.82) is 0 Å². The van der Waals surface area contributed by atoms with E-state index in [2.05, 4.69) is 5.32 Å². The molecule has 2 rings (SSSR count). The van der Waals surface area contributed by atoms with Crippen molar-refractivity contribution in [3.63, 3.8) is 0 Å². The van der Waals surface area contributed by atoms with Crippen molar-refractivity contribution >= 4 is 11.6 Å². The lowest BCUT2D eigenvalue weighted by Gasteiger charge is -2.20. The van der Waals surface area contributed by atoms with Gasteiger partial charge in [-0.15, -0.1) is 0 Å². The van der Waals surface area contributed by atoms with Crippen LogP contribution in [-0.4, -0.2) is 23.7 Å². The molecule has 4 nitrogen and oxygen atoms in total. The molecule has 4 N–H and O–H groups in total. The van der Waals surface area contributed by atoms with E-state index >= 15 is 0 Å². The number of benzene rings is 1. The average molecular weight is 276 g/mol. The highest BCUT2D eigenvalue weighted by atomic mass is 16.3. The number of carbonyl (C=O) groups is 1. The first kappa shape index (κ1) is 14.9. The third-order valence-corrected chi connectivity index (χ3v) is 4.24. The molecule has 1 amide bonds. The second-order valence-electron chi connectivity index (χ2n) is 5.82. The minimum Gasteiger partial charge on any atom is -0.399 e. The van der Waals surface area contributed by atoms with Gasteiger partial charge in [0.2, 0.25) is 5.91 Å². The highest BCUT2D eigenvalue weighted by Gasteiger charge is 2.28. The van der Waals surface area contributed by atoms with E-state index in [-0.39, 0.29) is 30.4 Å². The first-order chi connectivity index (χ1) is 9.60. The van der Waals surface area contributed by atoms with E-state index in [1.807, 2.05) is 31.2 Å². The molecule has 1 aromatic rings. The second-order valence-corrected chi connectivity index (χ2v) is 5.82. The highest BCUT2D eigenvalue weighted by molar-refractivity contribution is 5.77. The van der Waals surface area contributed by atoms with Gasteiger partial charge < -0.3 is 16.2 Å². The lowest BCUT2D eigenvalue weighted by molar-refractivity contribution is -0.122. The van der Waals surface area contributed by atoms with Crippen LogP contribution in [0.3, 0.4) is 0 Å². The fourth-order valence-corrected chi connectivity index (χ4v) is 2.93. The summed E-state index contributed by atoms with van der Waals surface area (Å²) in [6, 6.07) is 7.81. The van der Waals surface area contributed by atoms with Crippen LogP contribution in [0.2, 0.25) is 0 Å². The zero-order chi connectivity index (χ0) is 14.5. The summed E-state index contributed by atoms with van der Waals surface area (Å²) in [7, 11) is 0. The number of anilines is 1. The molecule has 3 unspecified atom stereocenters. The van der Waals surface area contributed by atoms with Crippen LogP contribution < -0.4 is 11.1 Å². The topological polar surface area (TPSA) is 75.3 Å². The number of hydrogen-bond donors (Lipinski definition) is 3. The molecule has 0 radical (unpaired) electrons. The minimum absolute atomic E-state index is 0.0691. The van der Waals surface area contributed by atoms with Crippen molar-refractivity contribution in [2.24, 2.45) is 5.92 Å². The lowest BCUT2D eigenvalue weighted by Crippen LogP contribution is -2.38. The molecule has 1 saturated carbocycles. The van der Waals surface area contributed by atoms with Gasteiger partial charge in [0.25, 0.3) is 0 Å². The first-order valence-electron chi connectivity index (χ1n) is 7.35. The number of nitrogens with one attached hydrogen (secondary N) is 1. The fourth-order valence-electron chi connectivity index (χ4n) is 2.93. The van der Waals surface area contributed by atoms with Crippen LogP contribution in [-0.2, 0) is 4.79 Å². The summed E-state index contributed by atoms with van der Waals surface area (Å²) in [5, 5.41) is 12.3. The Kier molecular flexibility index (Phi) is 5.01. The minimum atomic E-state index is 0.0691. The van der Waals surface area contributed by atoms with Gasteiger partial charge in [0, 0.05) is 30.7 Å². The van der Waals surface area contributed by atoms with Gasteiger partial charge in [0.1, 0.15) is 0 Å². The number of aliphatic hydroxyl groups excluding tert-OH is 1. The second kappa shape index (κ2) is 6.75. The Morgan fingerprint density at radius 1 is 1.40 bits per heavy atom. The van der Waals surface area contributed by atoms with E-state index in [9.17, 15) is 9.90 Å². The molecule has 0 spiro atoms. The Labute approximate surface area is 120 Å². The monoisotopic (exact) mass is 276 g/mol. The Morgan fingerprint density at radius 3 is 2.75 bits per heavy atom. The molecule has 110 valence electrons. The predicted molar refractivity (Wildman–Crippen MR) is 80.2 cm³/mol. The number of hydrogen-bond acceptors (Lipinski definition) is 3. The Hall–Kier alpha value is -1.55. The molecule has 0 aliphatic heterocycles. The van der Waals surface area contributed by atoms with Gasteiger partial charge in [-0.05, 0) is 36.5 Å². The molecule has 1 aliphatic carbocycles. The van der Waals surface area contributed by atoms with Crippen molar-refractivity contribution < 1.29 is 9.90 Å². The van der Waals surface area contributed by atoms with Crippen molar-refractivity contribution in [2.45, 2.75) is 44.6 Å². The maximum Gasteiger partial charge on any atom is 0.220 e. The molecule has 0 saturated heterocycles. The molecule has 0 heterocycles. The Balaban J connectivity index is 1.86. The summed E-state index contributed by atoms with van der Waals surface area (Å²) >= 11 is 0. The maximum absolute atomic E-state index is 12.1. The normalized spacial score (nSPS) is 23.5. The van der Waals surface area contributed by atoms with Crippen molar-refractivity contribution in [2.75, 3.05) is 12.3 Å². The summed E-state index contributed by atoms with van der Waals surface area (Å²) < 4.78 is 0. The Morgan fingerprint density at radius 2 is 2.10 bits per heavy atom. The molecule has 1 fully saturated rings. The standard InChI is InChI=1S/C16H24N2O2/c1-11(12-5-7-14(17)8-6-12)9-16(20)18-15-4-2-3-13(15)10-19/h5-8,11,13,15,19H,2-4,9-10,17H2,1H3,(H,18,20). The van der Waals surface area contributed by atoms with Crippen LogP contribution in [0.4, 0.5) is 5.69 Å². The Bertz CT molecular complexity index is 444. The van der Waals surface area contributed by atoms with E-state index < -0.39 is 0 Å². The third kappa shape index (κ3) is 3.73. The van der Waals surface area contributed by atoms with Crippen LogP contribution in [0.25, 0.3) is 0 Å². The van der Waals surface area contributed by atoms with E-state index in [0.29, 0.717) is 6.42 Å². The van der Waals surface area contributed by atoms with E-state index in [4.69, 9.17) is 5.73 Å². The van der Waals surface area contributed by atoms with E-state index in [0.717, 1.165) is 30.5 Å². The van der Waals surface area contributed by atoms with Crippen LogP contribution >= 0.6 is 0 Å². The molecule has 0 bridgehead atoms. The molecule has 0 aromatic heterocycles. The van der Waals surface area contributed by atoms with Gasteiger partial charge >= 0.3 is 0 Å². The number of nitrogen functional groups attached to an aromatic ring is 1. The molecule has 1 aliphatic rings.